The summed E-state index contributed by atoms with van der Waals surface area (Å²) in [7, 11) is 5.79. The zero-order valence-corrected chi connectivity index (χ0v) is 16.9. The van der Waals surface area contributed by atoms with E-state index >= 15 is 0 Å². The second-order valence-corrected chi connectivity index (χ2v) is 7.81. The summed E-state index contributed by atoms with van der Waals surface area (Å²) >= 11 is 1.65. The third kappa shape index (κ3) is 6.80. The molecular weight excluding hydrogens is 336 g/mol. The van der Waals surface area contributed by atoms with Crippen LogP contribution < -0.4 is 15.5 Å². The number of hydrogen-bond donors (Lipinski definition) is 2. The van der Waals surface area contributed by atoms with Crippen molar-refractivity contribution in [2.45, 2.75) is 26.5 Å². The molecule has 2 N–H and O–H groups in total. The minimum absolute atomic E-state index is 0.200. The van der Waals surface area contributed by atoms with Crippen LogP contribution in [-0.2, 0) is 11.3 Å². The monoisotopic (exact) mass is 368 g/mol. The summed E-state index contributed by atoms with van der Waals surface area (Å²) < 4.78 is 5.87. The predicted octanol–water partition coefficient (Wildman–Crippen LogP) is 1.23. The van der Waals surface area contributed by atoms with Crippen LogP contribution in [0.3, 0.4) is 0 Å². The van der Waals surface area contributed by atoms with E-state index in [0.717, 1.165) is 49.6 Å². The van der Waals surface area contributed by atoms with Gasteiger partial charge in [-0.2, -0.15) is 0 Å². The van der Waals surface area contributed by atoms with E-state index in [-0.39, 0.29) is 6.10 Å². The molecule has 0 aliphatic carbocycles. The zero-order valence-electron chi connectivity index (χ0n) is 16.1. The van der Waals surface area contributed by atoms with Crippen molar-refractivity contribution in [1.29, 1.82) is 0 Å². The Balaban J connectivity index is 1.74. The summed E-state index contributed by atoms with van der Waals surface area (Å²) in [6.45, 7) is 9.87. The Morgan fingerprint density at radius 2 is 2.28 bits per heavy atom. The Hall–Kier alpha value is -1.38. The van der Waals surface area contributed by atoms with Crippen molar-refractivity contribution in [3.05, 3.63) is 11.1 Å². The lowest BCUT2D eigenvalue weighted by atomic mass is 10.2. The standard InChI is InChI=1S/C17H32N6OS/c1-13(2)10-23-6-7-24-15(11-23)9-20-16(18-3)19-8-14-12-25-17(21-14)22(4)5/h12-13,15H,6-11H2,1-5H3,(H2,18,19,20). The molecule has 2 heterocycles. The van der Waals surface area contributed by atoms with E-state index in [0.29, 0.717) is 12.5 Å². The first-order valence-electron chi connectivity index (χ1n) is 8.88. The number of guanidine groups is 1. The van der Waals surface area contributed by atoms with Crippen LogP contribution in [0.4, 0.5) is 5.13 Å². The lowest BCUT2D eigenvalue weighted by Gasteiger charge is -2.34. The van der Waals surface area contributed by atoms with E-state index < -0.39 is 0 Å². The van der Waals surface area contributed by atoms with Gasteiger partial charge < -0.3 is 20.3 Å². The Kier molecular flexibility index (Phi) is 7.92. The number of nitrogens with one attached hydrogen (secondary N) is 2. The van der Waals surface area contributed by atoms with Gasteiger partial charge in [0.1, 0.15) is 0 Å². The van der Waals surface area contributed by atoms with E-state index in [1.165, 1.54) is 0 Å². The smallest absolute Gasteiger partial charge is 0.191 e. The highest BCUT2D eigenvalue weighted by molar-refractivity contribution is 7.13. The number of aliphatic imine (C=N–C) groups is 1. The number of rotatable bonds is 7. The summed E-state index contributed by atoms with van der Waals surface area (Å²) in [5.41, 5.74) is 1.02. The molecule has 0 spiro atoms. The van der Waals surface area contributed by atoms with Gasteiger partial charge in [0.05, 0.1) is 24.9 Å². The first-order chi connectivity index (χ1) is 12.0. The fraction of sp³-hybridized carbons (Fsp3) is 0.765. The van der Waals surface area contributed by atoms with Crippen molar-refractivity contribution in [3.63, 3.8) is 0 Å². The van der Waals surface area contributed by atoms with Crippen molar-refractivity contribution in [2.75, 3.05) is 58.8 Å². The predicted molar refractivity (Wildman–Crippen MR) is 106 cm³/mol. The topological polar surface area (TPSA) is 65.0 Å². The number of thiazole rings is 1. The van der Waals surface area contributed by atoms with E-state index in [4.69, 9.17) is 4.74 Å². The molecule has 1 atom stereocenters. The molecule has 1 fully saturated rings. The number of ether oxygens (including phenoxy) is 1. The molecule has 0 saturated carbocycles. The van der Waals surface area contributed by atoms with Gasteiger partial charge in [-0.25, -0.2) is 4.98 Å². The maximum Gasteiger partial charge on any atom is 0.191 e. The van der Waals surface area contributed by atoms with E-state index in [1.807, 2.05) is 19.0 Å². The van der Waals surface area contributed by atoms with Gasteiger partial charge in [0.25, 0.3) is 0 Å². The SMILES string of the molecule is CN=C(NCc1csc(N(C)C)n1)NCC1CN(CC(C)C)CCO1. The molecule has 7 nitrogen and oxygen atoms in total. The molecule has 0 amide bonds. The van der Waals surface area contributed by atoms with Gasteiger partial charge in [0.2, 0.25) is 0 Å². The minimum Gasteiger partial charge on any atom is -0.374 e. The number of morpholine rings is 1. The Morgan fingerprint density at radius 1 is 1.48 bits per heavy atom. The summed E-state index contributed by atoms with van der Waals surface area (Å²) in [5.74, 6) is 1.47. The first kappa shape index (κ1) is 19.9. The molecule has 1 aliphatic heterocycles. The average molecular weight is 369 g/mol. The van der Waals surface area contributed by atoms with Crippen LogP contribution >= 0.6 is 11.3 Å². The third-order valence-electron chi connectivity index (χ3n) is 3.93. The van der Waals surface area contributed by atoms with Gasteiger partial charge in [-0.05, 0) is 5.92 Å². The van der Waals surface area contributed by atoms with Crippen LogP contribution in [0.15, 0.2) is 10.4 Å². The molecule has 1 aromatic rings. The molecule has 1 aliphatic rings. The second-order valence-electron chi connectivity index (χ2n) is 6.97. The summed E-state index contributed by atoms with van der Waals surface area (Å²) in [6.07, 6.45) is 0.200. The van der Waals surface area contributed by atoms with Crippen LogP contribution in [0.2, 0.25) is 0 Å². The fourth-order valence-electron chi connectivity index (χ4n) is 2.77. The average Bonchev–Trinajstić information content (AvgIpc) is 3.04. The lowest BCUT2D eigenvalue weighted by molar-refractivity contribution is -0.0284. The molecule has 0 radical (unpaired) electrons. The molecule has 1 aromatic heterocycles. The van der Waals surface area contributed by atoms with Gasteiger partial charge in [0, 0.05) is 52.7 Å². The molecule has 142 valence electrons. The lowest BCUT2D eigenvalue weighted by Crippen LogP contribution is -2.50. The molecule has 8 heteroatoms. The fourth-order valence-corrected chi connectivity index (χ4v) is 3.53. The number of hydrogen-bond acceptors (Lipinski definition) is 6. The van der Waals surface area contributed by atoms with Crippen LogP contribution in [0, 0.1) is 5.92 Å². The molecule has 1 unspecified atom stereocenters. The Morgan fingerprint density at radius 3 is 2.92 bits per heavy atom. The van der Waals surface area contributed by atoms with Crippen LogP contribution in [-0.4, -0.2) is 75.9 Å². The molecule has 1 saturated heterocycles. The van der Waals surface area contributed by atoms with E-state index in [2.05, 4.69) is 44.7 Å². The number of aromatic nitrogens is 1. The maximum atomic E-state index is 5.87. The van der Waals surface area contributed by atoms with Crippen molar-refractivity contribution in [3.8, 4) is 0 Å². The van der Waals surface area contributed by atoms with E-state index in [1.54, 1.807) is 18.4 Å². The van der Waals surface area contributed by atoms with E-state index in [9.17, 15) is 0 Å². The van der Waals surface area contributed by atoms with Crippen LogP contribution in [0.5, 0.6) is 0 Å². The third-order valence-corrected chi connectivity index (χ3v) is 4.98. The quantitative estimate of drug-likeness (QED) is 0.558. The van der Waals surface area contributed by atoms with Crippen LogP contribution in [0.25, 0.3) is 0 Å². The summed E-state index contributed by atoms with van der Waals surface area (Å²) in [5, 5.41) is 9.77. The van der Waals surface area contributed by atoms with Gasteiger partial charge >= 0.3 is 0 Å². The highest BCUT2D eigenvalue weighted by Crippen LogP contribution is 2.17. The normalized spacial score (nSPS) is 19.3. The highest BCUT2D eigenvalue weighted by Gasteiger charge is 2.21. The van der Waals surface area contributed by atoms with Gasteiger partial charge in [-0.15, -0.1) is 11.3 Å². The molecule has 2 rings (SSSR count). The highest BCUT2D eigenvalue weighted by atomic mass is 32.1. The van der Waals surface area contributed by atoms with Crippen molar-refractivity contribution < 1.29 is 4.74 Å². The van der Waals surface area contributed by atoms with Gasteiger partial charge in [-0.3, -0.25) is 9.89 Å². The van der Waals surface area contributed by atoms with Crippen LogP contribution in [0.1, 0.15) is 19.5 Å². The Bertz CT molecular complexity index is 545. The largest absolute Gasteiger partial charge is 0.374 e. The van der Waals surface area contributed by atoms with Gasteiger partial charge in [0.15, 0.2) is 11.1 Å². The van der Waals surface area contributed by atoms with Crippen molar-refractivity contribution >= 4 is 22.4 Å². The first-order valence-corrected chi connectivity index (χ1v) is 9.76. The minimum atomic E-state index is 0.200. The van der Waals surface area contributed by atoms with Gasteiger partial charge in [-0.1, -0.05) is 13.8 Å². The number of anilines is 1. The maximum absolute atomic E-state index is 5.87. The Labute approximate surface area is 155 Å². The molecular formula is C17H32N6OS. The molecule has 0 bridgehead atoms. The second kappa shape index (κ2) is 9.94. The molecule has 0 aromatic carbocycles. The zero-order chi connectivity index (χ0) is 18.2. The molecule has 25 heavy (non-hydrogen) atoms. The summed E-state index contributed by atoms with van der Waals surface area (Å²) in [6, 6.07) is 0. The summed E-state index contributed by atoms with van der Waals surface area (Å²) in [4.78, 5) is 13.4. The number of nitrogens with zero attached hydrogens (tertiary/aromatic N) is 4. The van der Waals surface area contributed by atoms with Crippen molar-refractivity contribution in [2.24, 2.45) is 10.9 Å². The van der Waals surface area contributed by atoms with Crippen molar-refractivity contribution in [1.82, 2.24) is 20.5 Å².